The maximum Gasteiger partial charge on any atom is 0.331 e. The van der Waals surface area contributed by atoms with Crippen LogP contribution in [0.2, 0.25) is 0 Å². The highest BCUT2D eigenvalue weighted by Gasteiger charge is 2.23. The number of aliphatic hydroxyl groups excluding tert-OH is 1. The van der Waals surface area contributed by atoms with E-state index in [0.717, 1.165) is 0 Å². The molecular formula is C14H20N6O5P2. The molecule has 2 heterocycles. The van der Waals surface area contributed by atoms with Gasteiger partial charge < -0.3 is 14.6 Å². The van der Waals surface area contributed by atoms with Crippen LogP contribution in [-0.4, -0.2) is 58.5 Å². The zero-order valence-electron chi connectivity index (χ0n) is 16.6. The van der Waals surface area contributed by atoms with E-state index < -0.39 is 30.3 Å². The highest BCUT2D eigenvalue weighted by atomic mass is 31.0. The average molecular weight is 417 g/mol. The molecule has 0 radical (unpaired) electrons. The highest BCUT2D eigenvalue weighted by molar-refractivity contribution is 7.04. The third kappa shape index (κ3) is 5.23. The molecule has 2 N–H and O–H groups in total. The molecule has 0 fully saturated rings. The molecule has 0 aliphatic heterocycles. The molecule has 11 nitrogen and oxygen atoms in total. The number of imidazole rings is 1. The fourth-order valence-corrected chi connectivity index (χ4v) is 2.59. The van der Waals surface area contributed by atoms with Gasteiger partial charge in [-0.25, -0.2) is 9.78 Å². The number of ether oxygens (including phenoxy) is 2. The molecule has 0 aliphatic carbocycles. The van der Waals surface area contributed by atoms with Gasteiger partial charge in [0.25, 0.3) is 5.56 Å². The first-order chi connectivity index (χ1) is 13.9. The van der Waals surface area contributed by atoms with Crippen molar-refractivity contribution in [3.8, 4) is 0 Å². The summed E-state index contributed by atoms with van der Waals surface area (Å²) in [6.07, 6.45) is 0.520. The lowest BCUT2D eigenvalue weighted by Gasteiger charge is -2.19. The van der Waals surface area contributed by atoms with Crippen molar-refractivity contribution < 1.29 is 19.4 Å². The van der Waals surface area contributed by atoms with Crippen molar-refractivity contribution in [3.63, 3.8) is 0 Å². The lowest BCUT2D eigenvalue weighted by atomic mass is 10.1. The number of fused-ring (bicyclic) bond motifs is 1. The summed E-state index contributed by atoms with van der Waals surface area (Å²) in [4.78, 5) is 34.6. The Morgan fingerprint density at radius 3 is 3.11 bits per heavy atom. The average Bonchev–Trinajstić information content (AvgIpc) is 3.09. The van der Waals surface area contributed by atoms with E-state index in [1.54, 1.807) is 13.8 Å². The lowest BCUT2D eigenvalue weighted by Crippen LogP contribution is -2.32. The lowest BCUT2D eigenvalue weighted by molar-refractivity contribution is -0.152. The van der Waals surface area contributed by atoms with Crippen LogP contribution < -0.4 is 5.56 Å². The topological polar surface area (TPSA) is 144 Å². The second kappa shape index (κ2) is 9.75. The van der Waals surface area contributed by atoms with Crippen LogP contribution >= 0.6 is 18.0 Å². The molecule has 2 aromatic heterocycles. The van der Waals surface area contributed by atoms with E-state index in [2.05, 4.69) is 24.4 Å². The summed E-state index contributed by atoms with van der Waals surface area (Å²) in [6, 6.07) is -0.763. The third-order valence-electron chi connectivity index (χ3n) is 3.62. The Balaban J connectivity index is 2.04. The Bertz CT molecular complexity index is 950. The van der Waals surface area contributed by atoms with Crippen LogP contribution in [0.25, 0.3) is 11.2 Å². The van der Waals surface area contributed by atoms with Gasteiger partial charge in [0.1, 0.15) is 22.0 Å². The fourth-order valence-electron chi connectivity index (χ4n) is 2.14. The van der Waals surface area contributed by atoms with Gasteiger partial charge in [-0.2, -0.15) is 9.73 Å². The van der Waals surface area contributed by atoms with Crippen molar-refractivity contribution in [1.82, 2.24) is 19.5 Å². The number of aliphatic hydroxyl groups is 1. The Labute approximate surface area is 161 Å². The zero-order valence-corrected chi connectivity index (χ0v) is 16.4. The first-order valence-electron chi connectivity index (χ1n) is 8.84. The van der Waals surface area contributed by atoms with Crippen molar-refractivity contribution in [2.24, 2.45) is 15.4 Å². The molecule has 146 valence electrons. The molecule has 27 heavy (non-hydrogen) atoms. The van der Waals surface area contributed by atoms with Crippen molar-refractivity contribution >= 4 is 41.0 Å². The minimum Gasteiger partial charge on any atom is -0.461 e. The predicted octanol–water partition coefficient (Wildman–Crippen LogP) is 1.31. The standard InChI is InChI=1S/C14H20N6O5P2/c1-7(2)9(18-26)13(23)24-4-8(3-21)25-6-20-5-15-10-11(20)16-14(19-27)17-12(10)22/h5,7-9,21,26-27H,3-4,6H2,1-2H3,(H,16,17,22)/i26D,27T. The number of hydrogen-bond acceptors (Lipinski definition) is 9. The molecule has 0 bridgehead atoms. The summed E-state index contributed by atoms with van der Waals surface area (Å²) in [7, 11) is -0.0740. The van der Waals surface area contributed by atoms with Gasteiger partial charge in [-0.05, 0) is 23.9 Å². The number of H-pyrrole nitrogens is 1. The Kier molecular flexibility index (Phi) is 6.61. The van der Waals surface area contributed by atoms with E-state index in [9.17, 15) is 14.7 Å². The van der Waals surface area contributed by atoms with Crippen LogP contribution in [0.3, 0.4) is 0 Å². The monoisotopic (exact) mass is 417 g/mol. The summed E-state index contributed by atoms with van der Waals surface area (Å²) < 4.78 is 33.9. The SMILES string of the molecule is [2H]P=NC(C(=O)OCC(CO)OCn1cnc2c(=O)[nH]c(N=P[3H])nc21)C(C)C. The van der Waals surface area contributed by atoms with Gasteiger partial charge in [0.15, 0.2) is 17.2 Å². The van der Waals surface area contributed by atoms with E-state index in [-0.39, 0.29) is 54.3 Å². The van der Waals surface area contributed by atoms with E-state index in [1.165, 1.54) is 10.9 Å². The Morgan fingerprint density at radius 2 is 2.44 bits per heavy atom. The second-order valence-electron chi connectivity index (χ2n) is 5.91. The summed E-state index contributed by atoms with van der Waals surface area (Å²) in [5.41, 5.74) is -0.212. The van der Waals surface area contributed by atoms with E-state index in [4.69, 9.17) is 12.0 Å². The summed E-state index contributed by atoms with van der Waals surface area (Å²) in [5, 5.41) is 9.49. The first-order valence-corrected chi connectivity index (χ1v) is 8.74. The summed E-state index contributed by atoms with van der Waals surface area (Å²) in [5.74, 6) is -0.729. The Hall–Kier alpha value is -2.06. The van der Waals surface area contributed by atoms with Crippen LogP contribution in [0.1, 0.15) is 13.8 Å². The quantitative estimate of drug-likeness (QED) is 0.438. The summed E-state index contributed by atoms with van der Waals surface area (Å²) in [6.45, 7) is 2.85. The minimum absolute atomic E-state index is 0.00860. The smallest absolute Gasteiger partial charge is 0.331 e. The molecule has 2 atom stereocenters. The van der Waals surface area contributed by atoms with Gasteiger partial charge in [0.2, 0.25) is 5.95 Å². The second-order valence-corrected chi connectivity index (χ2v) is 6.34. The number of nitrogens with zero attached hydrogens (tertiary/aromatic N) is 5. The number of aromatic amines is 1. The normalized spacial score (nSPS) is 15.4. The molecule has 0 amide bonds. The molecule has 0 saturated carbocycles. The third-order valence-corrected chi connectivity index (χ3v) is 4.06. The molecule has 0 aliphatic rings. The number of nitrogens with one attached hydrogen (secondary N) is 1. The zero-order chi connectivity index (χ0) is 21.4. The molecular weight excluding hydrogens is 394 g/mol. The summed E-state index contributed by atoms with van der Waals surface area (Å²) >= 11 is 0. The van der Waals surface area contributed by atoms with Gasteiger partial charge in [-0.3, -0.25) is 19.1 Å². The molecule has 0 saturated heterocycles. The molecule has 2 aromatic rings. The van der Waals surface area contributed by atoms with Crippen molar-refractivity contribution in [2.45, 2.75) is 32.7 Å². The van der Waals surface area contributed by atoms with Gasteiger partial charge >= 0.3 is 5.97 Å². The first kappa shape index (κ1) is 18.3. The number of carbonyl (C=O) groups excluding carboxylic acids is 1. The predicted molar refractivity (Wildman–Crippen MR) is 101 cm³/mol. The number of aromatic nitrogens is 4. The van der Waals surface area contributed by atoms with Crippen LogP contribution in [-0.2, 0) is 21.0 Å². The van der Waals surface area contributed by atoms with Gasteiger partial charge in [-0.1, -0.05) is 13.8 Å². The van der Waals surface area contributed by atoms with Gasteiger partial charge in [0, 0.05) is 0 Å². The fraction of sp³-hybridized carbons (Fsp3) is 0.571. The van der Waals surface area contributed by atoms with Crippen LogP contribution in [0.5, 0.6) is 0 Å². The maximum atomic E-state index is 12.1. The molecule has 0 aromatic carbocycles. The molecule has 2 unspecified atom stereocenters. The number of hydrogen-bond donors (Lipinski definition) is 2. The largest absolute Gasteiger partial charge is 0.461 e. The van der Waals surface area contributed by atoms with Crippen molar-refractivity contribution in [1.29, 1.82) is 2.56 Å². The maximum absolute atomic E-state index is 12.1. The molecule has 2 rings (SSSR count). The number of rotatable bonds is 10. The van der Waals surface area contributed by atoms with Crippen LogP contribution in [0, 0.1) is 5.92 Å². The van der Waals surface area contributed by atoms with Gasteiger partial charge in [0.05, 0.1) is 12.9 Å². The minimum atomic E-state index is -0.823. The number of esters is 1. The van der Waals surface area contributed by atoms with Crippen LogP contribution in [0.4, 0.5) is 5.95 Å². The number of carbonyl (C=O) groups is 1. The van der Waals surface area contributed by atoms with E-state index in [0.29, 0.717) is 0 Å². The van der Waals surface area contributed by atoms with Crippen LogP contribution in [0.15, 0.2) is 20.6 Å². The van der Waals surface area contributed by atoms with Gasteiger partial charge in [-0.15, -0.1) is 0 Å². The molecule has 0 spiro atoms. The van der Waals surface area contributed by atoms with E-state index >= 15 is 0 Å². The Morgan fingerprint density at radius 1 is 1.63 bits per heavy atom. The van der Waals surface area contributed by atoms with Crippen molar-refractivity contribution in [2.75, 3.05) is 13.2 Å². The highest BCUT2D eigenvalue weighted by Crippen LogP contribution is 2.12. The van der Waals surface area contributed by atoms with Crippen molar-refractivity contribution in [3.05, 3.63) is 16.7 Å². The molecule has 13 heteroatoms. The van der Waals surface area contributed by atoms with E-state index in [1.807, 2.05) is 0 Å².